The monoisotopic (exact) mass is 334 g/mol. The van der Waals surface area contributed by atoms with Crippen LogP contribution in [-0.2, 0) is 0 Å². The summed E-state index contributed by atoms with van der Waals surface area (Å²) in [5.74, 6) is -0.544. The summed E-state index contributed by atoms with van der Waals surface area (Å²) < 4.78 is 5.02. The van der Waals surface area contributed by atoms with Crippen molar-refractivity contribution in [3.8, 4) is 11.5 Å². The number of halogens is 1. The van der Waals surface area contributed by atoms with Crippen LogP contribution in [0.5, 0.6) is 11.5 Å². The van der Waals surface area contributed by atoms with E-state index in [0.717, 1.165) is 0 Å². The predicted octanol–water partition coefficient (Wildman–Crippen LogP) is 3.59. The Kier molecular flexibility index (Phi) is 5.08. The zero-order chi connectivity index (χ0) is 17.0. The Bertz CT molecular complexity index is 775. The molecule has 0 bridgehead atoms. The van der Waals surface area contributed by atoms with E-state index in [9.17, 15) is 9.90 Å². The molecular formula is C16H15ClN2O4. The molecule has 0 saturated heterocycles. The van der Waals surface area contributed by atoms with Crippen LogP contribution in [0.15, 0.2) is 41.5 Å². The molecule has 0 aromatic heterocycles. The van der Waals surface area contributed by atoms with Crippen LogP contribution in [-0.4, -0.2) is 29.0 Å². The second-order valence-corrected chi connectivity index (χ2v) is 5.10. The number of carbonyl (C=O) groups is 1. The molecule has 3 N–H and O–H groups in total. The number of aromatic carboxylic acids is 1. The number of nitrogens with zero attached hydrogens (tertiary/aromatic N) is 1. The van der Waals surface area contributed by atoms with E-state index in [0.29, 0.717) is 22.7 Å². The van der Waals surface area contributed by atoms with Crippen molar-refractivity contribution in [2.24, 2.45) is 5.10 Å². The first kappa shape index (κ1) is 16.6. The van der Waals surface area contributed by atoms with Crippen molar-refractivity contribution in [2.45, 2.75) is 6.92 Å². The molecule has 0 aliphatic rings. The summed E-state index contributed by atoms with van der Waals surface area (Å²) in [5, 5.41) is 23.3. The predicted molar refractivity (Wildman–Crippen MR) is 88.9 cm³/mol. The van der Waals surface area contributed by atoms with E-state index in [1.54, 1.807) is 25.1 Å². The molecule has 0 radical (unpaired) electrons. The highest BCUT2D eigenvalue weighted by molar-refractivity contribution is 6.33. The average molecular weight is 335 g/mol. The number of anilines is 1. The summed E-state index contributed by atoms with van der Waals surface area (Å²) in [6.45, 7) is 1.71. The van der Waals surface area contributed by atoms with Gasteiger partial charge in [0.25, 0.3) is 0 Å². The lowest BCUT2D eigenvalue weighted by atomic mass is 10.1. The van der Waals surface area contributed by atoms with Crippen molar-refractivity contribution in [1.29, 1.82) is 0 Å². The number of phenolic OH excluding ortho intramolecular Hbond substituents is 1. The first-order chi connectivity index (χ1) is 10.9. The lowest BCUT2D eigenvalue weighted by molar-refractivity contribution is 0.0697. The molecular weight excluding hydrogens is 320 g/mol. The van der Waals surface area contributed by atoms with E-state index in [1.165, 1.54) is 25.3 Å². The Balaban J connectivity index is 2.23. The lowest BCUT2D eigenvalue weighted by Gasteiger charge is -2.08. The van der Waals surface area contributed by atoms with Gasteiger partial charge in [0, 0.05) is 11.6 Å². The third kappa shape index (κ3) is 3.92. The molecule has 0 unspecified atom stereocenters. The zero-order valence-electron chi connectivity index (χ0n) is 12.5. The van der Waals surface area contributed by atoms with Gasteiger partial charge in [-0.25, -0.2) is 4.79 Å². The molecule has 6 nitrogen and oxygen atoms in total. The maximum atomic E-state index is 11.0. The van der Waals surface area contributed by atoms with E-state index in [4.69, 9.17) is 21.4 Å². The van der Waals surface area contributed by atoms with Gasteiger partial charge >= 0.3 is 5.97 Å². The van der Waals surface area contributed by atoms with E-state index in [-0.39, 0.29) is 16.3 Å². The molecule has 0 amide bonds. The van der Waals surface area contributed by atoms with Crippen molar-refractivity contribution >= 4 is 29.0 Å². The first-order valence-corrected chi connectivity index (χ1v) is 7.00. The first-order valence-electron chi connectivity index (χ1n) is 6.63. The highest BCUT2D eigenvalue weighted by Crippen LogP contribution is 2.24. The molecule has 23 heavy (non-hydrogen) atoms. The van der Waals surface area contributed by atoms with Crippen LogP contribution in [0.4, 0.5) is 5.69 Å². The van der Waals surface area contributed by atoms with Gasteiger partial charge in [-0.05, 0) is 37.3 Å². The second kappa shape index (κ2) is 7.02. The van der Waals surface area contributed by atoms with Gasteiger partial charge in [-0.2, -0.15) is 5.10 Å². The summed E-state index contributed by atoms with van der Waals surface area (Å²) in [5.41, 5.74) is 4.26. The SMILES string of the molecule is COc1ccc(C(C)=NNc2ccc(Cl)c(C(=O)O)c2)c(O)c1. The fraction of sp³-hybridized carbons (Fsp3) is 0.125. The Hall–Kier alpha value is -2.73. The van der Waals surface area contributed by atoms with Crippen LogP contribution in [0.25, 0.3) is 0 Å². The smallest absolute Gasteiger partial charge is 0.337 e. The summed E-state index contributed by atoms with van der Waals surface area (Å²) >= 11 is 5.81. The van der Waals surface area contributed by atoms with Gasteiger partial charge in [-0.15, -0.1) is 0 Å². The number of aromatic hydroxyl groups is 1. The topological polar surface area (TPSA) is 91.2 Å². The minimum Gasteiger partial charge on any atom is -0.507 e. The third-order valence-electron chi connectivity index (χ3n) is 3.14. The summed E-state index contributed by atoms with van der Waals surface area (Å²) in [6.07, 6.45) is 0. The molecule has 0 heterocycles. The summed E-state index contributed by atoms with van der Waals surface area (Å²) in [6, 6.07) is 9.34. The van der Waals surface area contributed by atoms with Gasteiger partial charge in [-0.3, -0.25) is 5.43 Å². The molecule has 0 saturated carbocycles. The largest absolute Gasteiger partial charge is 0.507 e. The minimum absolute atomic E-state index is 0.0168. The van der Waals surface area contributed by atoms with Crippen LogP contribution in [0.3, 0.4) is 0 Å². The number of hydrazone groups is 1. The van der Waals surface area contributed by atoms with Crippen molar-refractivity contribution in [3.05, 3.63) is 52.5 Å². The Morgan fingerprint density at radius 3 is 2.57 bits per heavy atom. The van der Waals surface area contributed by atoms with Gasteiger partial charge in [0.2, 0.25) is 0 Å². The molecule has 0 atom stereocenters. The fourth-order valence-electron chi connectivity index (χ4n) is 1.91. The second-order valence-electron chi connectivity index (χ2n) is 4.69. The Labute approximate surface area is 138 Å². The number of ether oxygens (including phenoxy) is 1. The van der Waals surface area contributed by atoms with Crippen LogP contribution in [0.2, 0.25) is 5.02 Å². The molecule has 0 aliphatic heterocycles. The van der Waals surface area contributed by atoms with Crippen LogP contribution in [0, 0.1) is 0 Å². The summed E-state index contributed by atoms with van der Waals surface area (Å²) in [7, 11) is 1.51. The van der Waals surface area contributed by atoms with Crippen molar-refractivity contribution in [1.82, 2.24) is 0 Å². The van der Waals surface area contributed by atoms with Crippen molar-refractivity contribution < 1.29 is 19.7 Å². The third-order valence-corrected chi connectivity index (χ3v) is 3.47. The highest BCUT2D eigenvalue weighted by atomic mass is 35.5. The molecule has 7 heteroatoms. The van der Waals surface area contributed by atoms with E-state index in [1.807, 2.05) is 0 Å². The fourth-order valence-corrected chi connectivity index (χ4v) is 2.11. The molecule has 120 valence electrons. The van der Waals surface area contributed by atoms with E-state index < -0.39 is 5.97 Å². The highest BCUT2D eigenvalue weighted by Gasteiger charge is 2.10. The van der Waals surface area contributed by atoms with Gasteiger partial charge in [0.15, 0.2) is 0 Å². The number of rotatable bonds is 5. The van der Waals surface area contributed by atoms with Crippen molar-refractivity contribution in [2.75, 3.05) is 12.5 Å². The number of hydrogen-bond donors (Lipinski definition) is 3. The maximum Gasteiger partial charge on any atom is 0.337 e. The number of phenols is 1. The van der Waals surface area contributed by atoms with Crippen LogP contribution < -0.4 is 10.2 Å². The zero-order valence-corrected chi connectivity index (χ0v) is 13.3. The lowest BCUT2D eigenvalue weighted by Crippen LogP contribution is -2.02. The number of nitrogens with one attached hydrogen (secondary N) is 1. The number of hydrogen-bond acceptors (Lipinski definition) is 5. The van der Waals surface area contributed by atoms with E-state index >= 15 is 0 Å². The normalized spacial score (nSPS) is 11.2. The number of benzene rings is 2. The molecule has 0 fully saturated rings. The summed E-state index contributed by atoms with van der Waals surface area (Å²) in [4.78, 5) is 11.0. The minimum atomic E-state index is -1.12. The van der Waals surface area contributed by atoms with Crippen LogP contribution in [0.1, 0.15) is 22.8 Å². The Morgan fingerprint density at radius 1 is 1.22 bits per heavy atom. The van der Waals surface area contributed by atoms with Gasteiger partial charge < -0.3 is 14.9 Å². The molecule has 2 aromatic rings. The Morgan fingerprint density at radius 2 is 1.96 bits per heavy atom. The average Bonchev–Trinajstić information content (AvgIpc) is 2.53. The quantitative estimate of drug-likeness (QED) is 0.574. The maximum absolute atomic E-state index is 11.0. The molecule has 0 aliphatic carbocycles. The number of carboxylic acids is 1. The molecule has 2 rings (SSSR count). The molecule has 0 spiro atoms. The number of carboxylic acid groups (broad SMARTS) is 1. The van der Waals surface area contributed by atoms with Gasteiger partial charge in [-0.1, -0.05) is 11.6 Å². The van der Waals surface area contributed by atoms with E-state index in [2.05, 4.69) is 10.5 Å². The standard InChI is InChI=1S/C16H15ClN2O4/c1-9(12-5-4-11(23-2)8-15(12)20)18-19-10-3-6-14(17)13(7-10)16(21)22/h3-8,19-20H,1-2H3,(H,21,22). The van der Waals surface area contributed by atoms with Gasteiger partial charge in [0.05, 0.1) is 29.1 Å². The van der Waals surface area contributed by atoms with Crippen molar-refractivity contribution in [3.63, 3.8) is 0 Å². The number of methoxy groups -OCH3 is 1. The van der Waals surface area contributed by atoms with Gasteiger partial charge in [0.1, 0.15) is 11.5 Å². The molecule has 2 aromatic carbocycles. The van der Waals surface area contributed by atoms with Crippen LogP contribution >= 0.6 is 11.6 Å².